The van der Waals surface area contributed by atoms with Gasteiger partial charge in [0.15, 0.2) is 0 Å². The van der Waals surface area contributed by atoms with E-state index in [9.17, 15) is 14.4 Å². The van der Waals surface area contributed by atoms with Crippen LogP contribution in [-0.4, -0.2) is 31.1 Å². The minimum atomic E-state index is -0.470. The summed E-state index contributed by atoms with van der Waals surface area (Å²) in [5.74, 6) is 0.362. The number of esters is 3. The van der Waals surface area contributed by atoms with Crippen LogP contribution in [0.15, 0.2) is 84.9 Å². The number of aryl methyl sites for hydroxylation is 1. The van der Waals surface area contributed by atoms with Crippen LogP contribution in [0.2, 0.25) is 0 Å². The minimum absolute atomic E-state index is 0.320. The Bertz CT molecular complexity index is 1140. The highest BCUT2D eigenvalue weighted by molar-refractivity contribution is 5.91. The van der Waals surface area contributed by atoms with Crippen molar-refractivity contribution in [3.63, 3.8) is 0 Å². The van der Waals surface area contributed by atoms with Crippen LogP contribution < -0.4 is 4.74 Å². The Kier molecular flexibility index (Phi) is 10.7. The minimum Gasteiger partial charge on any atom is -0.494 e. The van der Waals surface area contributed by atoms with Crippen molar-refractivity contribution in [3.05, 3.63) is 102 Å². The smallest absolute Gasteiger partial charge is 0.343 e. The number of rotatable bonds is 13. The SMILES string of the molecule is C=CC(=O)OCCCCOc1ccc(C(=O)OC2=CC=C(OC(=O)c3ccc(CCC)cc3)CC2)cc1. The standard InChI is InChI=1S/C30H32O7/c1-3-7-22-8-10-23(11-9-22)29(32)36-26-16-18-27(19-17-26)37-30(33)24-12-14-25(15-13-24)34-20-5-6-21-35-28(31)4-2/h4,8-16,18H,2-3,5-7,17,19-21H2,1H3. The zero-order valence-electron chi connectivity index (χ0n) is 21.1. The fourth-order valence-corrected chi connectivity index (χ4v) is 3.53. The van der Waals surface area contributed by atoms with Gasteiger partial charge in [0.25, 0.3) is 0 Å². The highest BCUT2D eigenvalue weighted by Crippen LogP contribution is 2.23. The topological polar surface area (TPSA) is 88.1 Å². The molecule has 1 aliphatic carbocycles. The highest BCUT2D eigenvalue weighted by Gasteiger charge is 2.17. The summed E-state index contributed by atoms with van der Waals surface area (Å²) in [6, 6.07) is 14.1. The van der Waals surface area contributed by atoms with Gasteiger partial charge in [-0.2, -0.15) is 0 Å². The number of allylic oxidation sites excluding steroid dienone is 4. The van der Waals surface area contributed by atoms with Crippen LogP contribution in [0.1, 0.15) is 65.3 Å². The molecule has 0 aromatic heterocycles. The van der Waals surface area contributed by atoms with E-state index in [-0.39, 0.29) is 0 Å². The number of benzene rings is 2. The van der Waals surface area contributed by atoms with Gasteiger partial charge in [0.2, 0.25) is 0 Å². The fourth-order valence-electron chi connectivity index (χ4n) is 3.53. The van der Waals surface area contributed by atoms with Gasteiger partial charge in [0.1, 0.15) is 17.3 Å². The molecule has 1 aliphatic rings. The second-order valence-corrected chi connectivity index (χ2v) is 8.44. The molecule has 0 spiro atoms. The first-order chi connectivity index (χ1) is 18.0. The Balaban J connectivity index is 1.42. The second-order valence-electron chi connectivity index (χ2n) is 8.44. The largest absolute Gasteiger partial charge is 0.494 e. The summed E-state index contributed by atoms with van der Waals surface area (Å²) in [6.07, 6.45) is 8.77. The van der Waals surface area contributed by atoms with Crippen molar-refractivity contribution < 1.29 is 33.3 Å². The molecule has 0 amide bonds. The summed E-state index contributed by atoms with van der Waals surface area (Å²) in [6.45, 7) is 6.24. The molecule has 0 bridgehead atoms. The highest BCUT2D eigenvalue weighted by atomic mass is 16.5. The maximum atomic E-state index is 12.5. The first kappa shape index (κ1) is 27.5. The first-order valence-electron chi connectivity index (χ1n) is 12.4. The van der Waals surface area contributed by atoms with E-state index in [1.54, 1.807) is 48.6 Å². The van der Waals surface area contributed by atoms with Gasteiger partial charge in [-0.1, -0.05) is 32.1 Å². The number of unbranched alkanes of at least 4 members (excludes halogenated alkanes) is 1. The maximum Gasteiger partial charge on any atom is 0.343 e. The Morgan fingerprint density at radius 2 is 1.35 bits per heavy atom. The molecule has 0 radical (unpaired) electrons. The summed E-state index contributed by atoms with van der Waals surface area (Å²) in [5.41, 5.74) is 2.09. The predicted octanol–water partition coefficient (Wildman–Crippen LogP) is 6.10. The number of hydrogen-bond donors (Lipinski definition) is 0. The Morgan fingerprint density at radius 1 is 0.811 bits per heavy atom. The van der Waals surface area contributed by atoms with Gasteiger partial charge in [0, 0.05) is 18.9 Å². The third-order valence-corrected chi connectivity index (χ3v) is 5.56. The van der Waals surface area contributed by atoms with Gasteiger partial charge in [-0.25, -0.2) is 14.4 Å². The van der Waals surface area contributed by atoms with E-state index in [2.05, 4.69) is 13.5 Å². The zero-order valence-corrected chi connectivity index (χ0v) is 21.1. The summed E-state index contributed by atoms with van der Waals surface area (Å²) >= 11 is 0. The molecule has 37 heavy (non-hydrogen) atoms. The average Bonchev–Trinajstić information content (AvgIpc) is 2.92. The molecule has 0 N–H and O–H groups in total. The van der Waals surface area contributed by atoms with E-state index < -0.39 is 17.9 Å². The van der Waals surface area contributed by atoms with E-state index in [1.807, 2.05) is 12.1 Å². The lowest BCUT2D eigenvalue weighted by molar-refractivity contribution is -0.137. The predicted molar refractivity (Wildman–Crippen MR) is 139 cm³/mol. The van der Waals surface area contributed by atoms with E-state index in [4.69, 9.17) is 18.9 Å². The molecule has 0 atom stereocenters. The quantitative estimate of drug-likeness (QED) is 0.141. The molecule has 3 rings (SSSR count). The molecule has 7 nitrogen and oxygen atoms in total. The van der Waals surface area contributed by atoms with Crippen molar-refractivity contribution in [2.75, 3.05) is 13.2 Å². The Labute approximate surface area is 217 Å². The lowest BCUT2D eigenvalue weighted by Crippen LogP contribution is -2.10. The van der Waals surface area contributed by atoms with Crippen molar-refractivity contribution in [2.24, 2.45) is 0 Å². The van der Waals surface area contributed by atoms with E-state index in [1.165, 1.54) is 5.56 Å². The van der Waals surface area contributed by atoms with E-state index in [0.717, 1.165) is 25.3 Å². The lowest BCUT2D eigenvalue weighted by atomic mass is 10.1. The average molecular weight is 505 g/mol. The number of carbonyl (C=O) groups is 3. The van der Waals surface area contributed by atoms with Crippen LogP contribution in [0.4, 0.5) is 0 Å². The Hall–Kier alpha value is -4.13. The van der Waals surface area contributed by atoms with Gasteiger partial charge in [-0.3, -0.25) is 0 Å². The van der Waals surface area contributed by atoms with Crippen molar-refractivity contribution in [3.8, 4) is 5.75 Å². The molecule has 0 saturated heterocycles. The monoisotopic (exact) mass is 504 g/mol. The molecule has 0 aliphatic heterocycles. The van der Waals surface area contributed by atoms with E-state index >= 15 is 0 Å². The molecule has 0 fully saturated rings. The Morgan fingerprint density at radius 3 is 1.86 bits per heavy atom. The van der Waals surface area contributed by atoms with Crippen LogP contribution in [0.3, 0.4) is 0 Å². The molecule has 0 heterocycles. The summed E-state index contributed by atoms with van der Waals surface area (Å²) < 4.78 is 21.5. The molecule has 0 unspecified atom stereocenters. The summed E-state index contributed by atoms with van der Waals surface area (Å²) in [4.78, 5) is 35.9. The van der Waals surface area contributed by atoms with Gasteiger partial charge in [-0.05, 0) is 73.4 Å². The summed E-state index contributed by atoms with van der Waals surface area (Å²) in [7, 11) is 0. The number of hydrogen-bond acceptors (Lipinski definition) is 7. The molecule has 7 heteroatoms. The first-order valence-corrected chi connectivity index (χ1v) is 12.4. The van der Waals surface area contributed by atoms with Crippen LogP contribution in [-0.2, 0) is 25.4 Å². The van der Waals surface area contributed by atoms with Gasteiger partial charge in [0.05, 0.1) is 24.3 Å². The van der Waals surface area contributed by atoms with Crippen molar-refractivity contribution in [2.45, 2.75) is 45.4 Å². The molecular weight excluding hydrogens is 472 g/mol. The van der Waals surface area contributed by atoms with Crippen molar-refractivity contribution in [1.29, 1.82) is 0 Å². The van der Waals surface area contributed by atoms with Crippen LogP contribution in [0, 0.1) is 0 Å². The lowest BCUT2D eigenvalue weighted by Gasteiger charge is -2.15. The van der Waals surface area contributed by atoms with E-state index in [0.29, 0.717) is 60.9 Å². The fraction of sp³-hybridized carbons (Fsp3) is 0.300. The second kappa shape index (κ2) is 14.4. The molecule has 0 saturated carbocycles. The van der Waals surface area contributed by atoms with Crippen LogP contribution >= 0.6 is 0 Å². The van der Waals surface area contributed by atoms with Gasteiger partial charge >= 0.3 is 17.9 Å². The molecule has 2 aromatic rings. The summed E-state index contributed by atoms with van der Waals surface area (Å²) in [5, 5.41) is 0. The number of carbonyl (C=O) groups excluding carboxylic acids is 3. The molecular formula is C30H32O7. The normalized spacial score (nSPS) is 12.6. The maximum absolute atomic E-state index is 12.5. The van der Waals surface area contributed by atoms with Crippen LogP contribution in [0.5, 0.6) is 5.75 Å². The van der Waals surface area contributed by atoms with Gasteiger partial charge in [-0.15, -0.1) is 0 Å². The molecule has 194 valence electrons. The van der Waals surface area contributed by atoms with Crippen molar-refractivity contribution >= 4 is 17.9 Å². The van der Waals surface area contributed by atoms with Crippen LogP contribution in [0.25, 0.3) is 0 Å². The third-order valence-electron chi connectivity index (χ3n) is 5.56. The number of ether oxygens (including phenoxy) is 4. The third kappa shape index (κ3) is 9.11. The zero-order chi connectivity index (χ0) is 26.5. The van der Waals surface area contributed by atoms with Gasteiger partial charge < -0.3 is 18.9 Å². The molecule has 2 aromatic carbocycles. The van der Waals surface area contributed by atoms with Crippen molar-refractivity contribution in [1.82, 2.24) is 0 Å².